The molecule has 0 unspecified atom stereocenters. The fourth-order valence-electron chi connectivity index (χ4n) is 5.90. The topological polar surface area (TPSA) is 106 Å². The summed E-state index contributed by atoms with van der Waals surface area (Å²) < 4.78 is 18.5. The minimum atomic E-state index is -0.445. The van der Waals surface area contributed by atoms with Gasteiger partial charge in [-0.15, -0.1) is 0 Å². The predicted octanol–water partition coefficient (Wildman–Crippen LogP) is 5.74. The standard InChI is InChI=1S/C33H44Cl2N8O3S/c1-33(2,3)46-30(44)22-42-17-15-41(16-18-42)21-23-11-13-43(14-12-23)24-9-10-27(25(34)19-24)38-32-36-20-26(35)31(39-32)37-28-7-5-6-8-29(28)40(4)47-45/h5-10,19-20,23,47H,11-18,21-22H2,1-4H3,(H2,36,37,38,39). The average Bonchev–Trinajstić information content (AvgIpc) is 3.04. The number of halogens is 2. The van der Waals surface area contributed by atoms with Gasteiger partial charge in [-0.25, -0.2) is 9.19 Å². The third-order valence-electron chi connectivity index (χ3n) is 8.31. The summed E-state index contributed by atoms with van der Waals surface area (Å²) in [7, 11) is 1.72. The van der Waals surface area contributed by atoms with Gasteiger partial charge in [-0.05, 0) is 69.9 Å². The lowest BCUT2D eigenvalue weighted by molar-refractivity contribution is -0.156. The molecular weight excluding hydrogens is 659 g/mol. The van der Waals surface area contributed by atoms with E-state index < -0.39 is 5.60 Å². The number of carbonyl (C=O) groups excluding carboxylic acids is 1. The van der Waals surface area contributed by atoms with Crippen LogP contribution in [0.3, 0.4) is 0 Å². The van der Waals surface area contributed by atoms with E-state index in [1.54, 1.807) is 11.4 Å². The van der Waals surface area contributed by atoms with Gasteiger partial charge in [-0.2, -0.15) is 4.98 Å². The Morgan fingerprint density at radius 1 is 0.979 bits per heavy atom. The molecule has 3 heterocycles. The van der Waals surface area contributed by atoms with Crippen LogP contribution in [0.25, 0.3) is 0 Å². The van der Waals surface area contributed by atoms with Crippen LogP contribution in [-0.2, 0) is 21.4 Å². The molecule has 2 N–H and O–H groups in total. The quantitative estimate of drug-likeness (QED) is 0.169. The van der Waals surface area contributed by atoms with Gasteiger partial charge in [0.25, 0.3) is 0 Å². The van der Waals surface area contributed by atoms with E-state index in [9.17, 15) is 9.00 Å². The molecule has 0 amide bonds. The summed E-state index contributed by atoms with van der Waals surface area (Å²) in [5.41, 5.74) is 2.77. The first-order valence-corrected chi connectivity index (χ1v) is 17.4. The number of ether oxygens (including phenoxy) is 1. The zero-order chi connectivity index (χ0) is 33.6. The molecule has 14 heteroatoms. The highest BCUT2D eigenvalue weighted by molar-refractivity contribution is 7.67. The second kappa shape index (κ2) is 15.8. The van der Waals surface area contributed by atoms with Crippen LogP contribution in [0.5, 0.6) is 0 Å². The van der Waals surface area contributed by atoms with Crippen molar-refractivity contribution in [2.24, 2.45) is 5.92 Å². The summed E-state index contributed by atoms with van der Waals surface area (Å²) >= 11 is 13.0. The second-order valence-corrected chi connectivity index (χ2v) is 14.6. The molecule has 1 aromatic heterocycles. The normalized spacial score (nSPS) is 16.6. The lowest BCUT2D eigenvalue weighted by Crippen LogP contribution is -2.50. The van der Waals surface area contributed by atoms with Crippen molar-refractivity contribution < 1.29 is 13.7 Å². The van der Waals surface area contributed by atoms with Crippen LogP contribution in [0.2, 0.25) is 10.0 Å². The van der Waals surface area contributed by atoms with Crippen molar-refractivity contribution in [1.29, 1.82) is 0 Å². The monoisotopic (exact) mass is 702 g/mol. The molecule has 0 radical (unpaired) electrons. The molecular formula is C33H44Cl2N8O3S. The third kappa shape index (κ3) is 9.93. The number of nitrogens with zero attached hydrogens (tertiary/aromatic N) is 6. The Labute approximate surface area is 291 Å². The molecule has 2 saturated heterocycles. The van der Waals surface area contributed by atoms with Crippen molar-refractivity contribution in [3.05, 3.63) is 58.7 Å². The SMILES string of the molecule is CN([SH]=O)c1ccccc1Nc1nc(Nc2ccc(N3CCC(CN4CCN(CC(=O)OC(C)(C)C)CC4)CC3)cc2Cl)ncc1Cl. The van der Waals surface area contributed by atoms with Crippen LogP contribution in [0.4, 0.5) is 34.5 Å². The molecule has 11 nitrogen and oxygen atoms in total. The van der Waals surface area contributed by atoms with Crippen molar-refractivity contribution >= 4 is 75.5 Å². The molecule has 0 saturated carbocycles. The molecule has 47 heavy (non-hydrogen) atoms. The molecule has 0 spiro atoms. The fourth-order valence-corrected chi connectivity index (χ4v) is 6.52. The van der Waals surface area contributed by atoms with Crippen molar-refractivity contribution in [3.8, 4) is 0 Å². The molecule has 2 fully saturated rings. The highest BCUT2D eigenvalue weighted by atomic mass is 35.5. The minimum absolute atomic E-state index is 0.133. The Bertz CT molecular complexity index is 1540. The largest absolute Gasteiger partial charge is 0.459 e. The Balaban J connectivity index is 1.11. The highest BCUT2D eigenvalue weighted by Crippen LogP contribution is 2.34. The summed E-state index contributed by atoms with van der Waals surface area (Å²) in [5.74, 6) is 1.25. The van der Waals surface area contributed by atoms with Crippen molar-refractivity contribution in [3.63, 3.8) is 0 Å². The Morgan fingerprint density at radius 3 is 2.36 bits per heavy atom. The number of piperidine rings is 1. The lowest BCUT2D eigenvalue weighted by atomic mass is 9.95. The van der Waals surface area contributed by atoms with Gasteiger partial charge in [0, 0.05) is 58.5 Å². The van der Waals surface area contributed by atoms with E-state index in [4.69, 9.17) is 27.9 Å². The number of carbonyl (C=O) groups is 1. The van der Waals surface area contributed by atoms with E-state index in [0.29, 0.717) is 45.6 Å². The summed E-state index contributed by atoms with van der Waals surface area (Å²) in [6.45, 7) is 12.9. The van der Waals surface area contributed by atoms with E-state index >= 15 is 0 Å². The molecule has 0 aliphatic carbocycles. The molecule has 2 aliphatic rings. The van der Waals surface area contributed by atoms with E-state index in [0.717, 1.165) is 70.0 Å². The number of thiol groups is 1. The van der Waals surface area contributed by atoms with Crippen molar-refractivity contribution in [2.75, 3.05) is 79.2 Å². The summed E-state index contributed by atoms with van der Waals surface area (Å²) in [6.07, 6.45) is 3.77. The molecule has 2 aliphatic heterocycles. The number of hydrogen-bond acceptors (Lipinski definition) is 10. The Morgan fingerprint density at radius 2 is 1.68 bits per heavy atom. The number of aromatic nitrogens is 2. The maximum atomic E-state index is 12.2. The van der Waals surface area contributed by atoms with E-state index in [2.05, 4.69) is 41.4 Å². The molecule has 0 atom stereocenters. The lowest BCUT2D eigenvalue weighted by Gasteiger charge is -2.39. The first kappa shape index (κ1) is 35.2. The van der Waals surface area contributed by atoms with Gasteiger partial charge in [0.15, 0.2) is 5.82 Å². The predicted molar refractivity (Wildman–Crippen MR) is 193 cm³/mol. The van der Waals surface area contributed by atoms with Crippen molar-refractivity contribution in [1.82, 2.24) is 19.8 Å². The maximum Gasteiger partial charge on any atom is 0.320 e. The van der Waals surface area contributed by atoms with Gasteiger partial charge < -0.3 is 25.2 Å². The Kier molecular flexibility index (Phi) is 11.8. The number of rotatable bonds is 11. The molecule has 2 aromatic carbocycles. The van der Waals surface area contributed by atoms with E-state index in [1.165, 1.54) is 6.20 Å². The maximum absolute atomic E-state index is 12.2. The van der Waals surface area contributed by atoms with Gasteiger partial charge in [0.1, 0.15) is 22.5 Å². The smallest absolute Gasteiger partial charge is 0.320 e. The van der Waals surface area contributed by atoms with Crippen LogP contribution >= 0.6 is 23.2 Å². The molecule has 0 bridgehead atoms. The van der Waals surface area contributed by atoms with Gasteiger partial charge in [0.05, 0.1) is 34.8 Å². The molecule has 254 valence electrons. The first-order chi connectivity index (χ1) is 22.5. The number of para-hydroxylation sites is 2. The minimum Gasteiger partial charge on any atom is -0.459 e. The zero-order valence-electron chi connectivity index (χ0n) is 27.4. The number of nitrogens with one attached hydrogen (secondary N) is 2. The molecule has 3 aromatic rings. The number of anilines is 6. The van der Waals surface area contributed by atoms with Crippen LogP contribution in [0.15, 0.2) is 48.7 Å². The zero-order valence-corrected chi connectivity index (χ0v) is 29.8. The van der Waals surface area contributed by atoms with E-state index in [-0.39, 0.29) is 17.8 Å². The third-order valence-corrected chi connectivity index (χ3v) is 9.35. The number of hydrogen-bond donors (Lipinski definition) is 3. The van der Waals surface area contributed by atoms with Gasteiger partial charge >= 0.3 is 5.97 Å². The van der Waals surface area contributed by atoms with Crippen LogP contribution in [0, 0.1) is 5.92 Å². The van der Waals surface area contributed by atoms with Crippen LogP contribution in [-0.4, -0.2) is 95.0 Å². The highest BCUT2D eigenvalue weighted by Gasteiger charge is 2.26. The summed E-state index contributed by atoms with van der Waals surface area (Å²) in [5, 5.41) is 7.35. The number of esters is 1. The van der Waals surface area contributed by atoms with Gasteiger partial charge in [-0.3, -0.25) is 14.0 Å². The Hall–Kier alpha value is -3.16. The molecule has 5 rings (SSSR count). The van der Waals surface area contributed by atoms with Crippen LogP contribution < -0.4 is 19.8 Å². The summed E-state index contributed by atoms with van der Waals surface area (Å²) in [4.78, 5) is 28.2. The fraction of sp³-hybridized carbons (Fsp3) is 0.485. The average molecular weight is 704 g/mol. The van der Waals surface area contributed by atoms with Gasteiger partial charge in [0.2, 0.25) is 5.95 Å². The first-order valence-electron chi connectivity index (χ1n) is 15.9. The summed E-state index contributed by atoms with van der Waals surface area (Å²) in [6, 6.07) is 13.5. The van der Waals surface area contributed by atoms with E-state index in [1.807, 2.05) is 57.2 Å². The number of benzene rings is 2. The second-order valence-electron chi connectivity index (χ2n) is 13.0. The van der Waals surface area contributed by atoms with Crippen LogP contribution in [0.1, 0.15) is 33.6 Å². The van der Waals surface area contributed by atoms with Gasteiger partial charge in [-0.1, -0.05) is 35.3 Å². The van der Waals surface area contributed by atoms with Crippen molar-refractivity contribution in [2.45, 2.75) is 39.2 Å². The number of piperazine rings is 1.